The Bertz CT molecular complexity index is 678. The molecule has 0 amide bonds. The van der Waals surface area contributed by atoms with Crippen LogP contribution in [0.2, 0.25) is 0 Å². The second kappa shape index (κ2) is 5.54. The Kier molecular flexibility index (Phi) is 3.75. The van der Waals surface area contributed by atoms with Crippen molar-refractivity contribution in [3.63, 3.8) is 0 Å². The minimum Gasteiger partial charge on any atom is -0.378 e. The van der Waals surface area contributed by atoms with Gasteiger partial charge in [0.1, 0.15) is 10.6 Å². The van der Waals surface area contributed by atoms with E-state index in [-0.39, 0.29) is 10.9 Å². The van der Waals surface area contributed by atoms with Gasteiger partial charge in [-0.3, -0.25) is 4.90 Å². The van der Waals surface area contributed by atoms with Gasteiger partial charge in [0.05, 0.1) is 13.2 Å². The summed E-state index contributed by atoms with van der Waals surface area (Å²) in [6.07, 6.45) is 2.55. The van der Waals surface area contributed by atoms with Crippen LogP contribution >= 0.6 is 0 Å². The molecule has 23 heavy (non-hydrogen) atoms. The number of rotatable bonds is 3. The van der Waals surface area contributed by atoms with Crippen LogP contribution in [-0.2, 0) is 14.8 Å². The third kappa shape index (κ3) is 2.61. The van der Waals surface area contributed by atoms with Crippen LogP contribution in [-0.4, -0.2) is 67.7 Å². The third-order valence-electron chi connectivity index (χ3n) is 5.25. The summed E-state index contributed by atoms with van der Waals surface area (Å²) < 4.78 is 38.3. The van der Waals surface area contributed by atoms with Crippen LogP contribution in [0.4, 0.5) is 0 Å². The van der Waals surface area contributed by atoms with Crippen LogP contribution < -0.4 is 0 Å². The van der Waals surface area contributed by atoms with Gasteiger partial charge in [-0.05, 0) is 32.6 Å². The van der Waals surface area contributed by atoms with Crippen LogP contribution in [0.5, 0.6) is 0 Å². The van der Waals surface area contributed by atoms with E-state index in [1.54, 1.807) is 18.2 Å². The van der Waals surface area contributed by atoms with Crippen LogP contribution in [0, 0.1) is 19.8 Å². The standard InChI is InChI=1S/C15H23N3O4S/c1-10-15(11(2)22-16-10)23(19,20)17-5-6-18-13(7-17)8-21-9-14(18)12-3-4-12/h12-14H,3-9H2,1-2H3/t13-,14-/m1/s1. The molecule has 8 heteroatoms. The molecule has 2 atom stereocenters. The lowest BCUT2D eigenvalue weighted by molar-refractivity contribution is -0.0759. The van der Waals surface area contributed by atoms with E-state index in [0.717, 1.165) is 19.1 Å². The van der Waals surface area contributed by atoms with Gasteiger partial charge >= 0.3 is 0 Å². The van der Waals surface area contributed by atoms with Gasteiger partial charge in [0.15, 0.2) is 5.76 Å². The molecule has 3 fully saturated rings. The fourth-order valence-electron chi connectivity index (χ4n) is 3.92. The van der Waals surface area contributed by atoms with Crippen molar-refractivity contribution in [1.82, 2.24) is 14.4 Å². The number of aryl methyl sites for hydroxylation is 2. The normalized spacial score (nSPS) is 30.3. The van der Waals surface area contributed by atoms with E-state index in [4.69, 9.17) is 9.26 Å². The van der Waals surface area contributed by atoms with Gasteiger partial charge in [-0.25, -0.2) is 8.42 Å². The molecule has 0 radical (unpaired) electrons. The van der Waals surface area contributed by atoms with Gasteiger partial charge < -0.3 is 9.26 Å². The second-order valence-electron chi connectivity index (χ2n) is 6.85. The predicted molar refractivity (Wildman–Crippen MR) is 82.6 cm³/mol. The number of piperazine rings is 1. The largest absolute Gasteiger partial charge is 0.378 e. The maximum absolute atomic E-state index is 13.0. The zero-order valence-corrected chi connectivity index (χ0v) is 14.4. The zero-order chi connectivity index (χ0) is 16.2. The summed E-state index contributed by atoms with van der Waals surface area (Å²) in [6.45, 7) is 6.50. The molecule has 0 aromatic carbocycles. The molecule has 1 aromatic heterocycles. The Balaban J connectivity index is 1.56. The molecule has 1 aromatic rings. The van der Waals surface area contributed by atoms with Gasteiger partial charge in [-0.15, -0.1) is 0 Å². The van der Waals surface area contributed by atoms with Gasteiger partial charge in [0.25, 0.3) is 0 Å². The molecule has 3 aliphatic rings. The fraction of sp³-hybridized carbons (Fsp3) is 0.800. The molecule has 1 aliphatic carbocycles. The van der Waals surface area contributed by atoms with Crippen molar-refractivity contribution >= 4 is 10.0 Å². The molecule has 128 valence electrons. The predicted octanol–water partition coefficient (Wildman–Crippen LogP) is 0.775. The van der Waals surface area contributed by atoms with Crippen molar-refractivity contribution in [2.45, 2.75) is 43.7 Å². The van der Waals surface area contributed by atoms with Crippen LogP contribution in [0.1, 0.15) is 24.3 Å². The SMILES string of the molecule is Cc1noc(C)c1S(=O)(=O)N1CCN2[C@@H](COC[C@@H]2C2CC2)C1. The smallest absolute Gasteiger partial charge is 0.248 e. The highest BCUT2D eigenvalue weighted by Crippen LogP contribution is 2.38. The number of ether oxygens (including phenoxy) is 1. The van der Waals surface area contributed by atoms with Gasteiger partial charge in [-0.2, -0.15) is 4.31 Å². The van der Waals surface area contributed by atoms with Crippen molar-refractivity contribution < 1.29 is 17.7 Å². The van der Waals surface area contributed by atoms with Crippen LogP contribution in [0.3, 0.4) is 0 Å². The number of morpholine rings is 1. The lowest BCUT2D eigenvalue weighted by Gasteiger charge is -2.47. The summed E-state index contributed by atoms with van der Waals surface area (Å²) in [5, 5.41) is 3.79. The summed E-state index contributed by atoms with van der Waals surface area (Å²) in [7, 11) is -3.56. The van der Waals surface area contributed by atoms with Crippen LogP contribution in [0.15, 0.2) is 9.42 Å². The van der Waals surface area contributed by atoms with E-state index >= 15 is 0 Å². The summed E-state index contributed by atoms with van der Waals surface area (Å²) in [6, 6.07) is 0.621. The van der Waals surface area contributed by atoms with Gasteiger partial charge in [-0.1, -0.05) is 5.16 Å². The Morgan fingerprint density at radius 1 is 1.17 bits per heavy atom. The maximum Gasteiger partial charge on any atom is 0.248 e. The van der Waals surface area contributed by atoms with Crippen molar-refractivity contribution in [3.8, 4) is 0 Å². The molecule has 0 spiro atoms. The molecule has 0 bridgehead atoms. The first-order chi connectivity index (χ1) is 11.0. The lowest BCUT2D eigenvalue weighted by Crippen LogP contribution is -2.63. The number of hydrogen-bond acceptors (Lipinski definition) is 6. The van der Waals surface area contributed by atoms with E-state index in [2.05, 4.69) is 10.1 Å². The van der Waals surface area contributed by atoms with Gasteiger partial charge in [0, 0.05) is 31.7 Å². The van der Waals surface area contributed by atoms with Gasteiger partial charge in [0.2, 0.25) is 10.0 Å². The number of hydrogen-bond donors (Lipinski definition) is 0. The maximum atomic E-state index is 13.0. The van der Waals surface area contributed by atoms with E-state index in [1.165, 1.54) is 12.8 Å². The Morgan fingerprint density at radius 3 is 2.61 bits per heavy atom. The minimum atomic E-state index is -3.56. The third-order valence-corrected chi connectivity index (χ3v) is 7.36. The monoisotopic (exact) mass is 341 g/mol. The van der Waals surface area contributed by atoms with Crippen LogP contribution in [0.25, 0.3) is 0 Å². The molecule has 0 N–H and O–H groups in total. The zero-order valence-electron chi connectivity index (χ0n) is 13.6. The first-order valence-electron chi connectivity index (χ1n) is 8.25. The summed E-state index contributed by atoms with van der Waals surface area (Å²) in [5.74, 6) is 1.10. The molecule has 7 nitrogen and oxygen atoms in total. The summed E-state index contributed by atoms with van der Waals surface area (Å²) >= 11 is 0. The number of sulfonamides is 1. The van der Waals surface area contributed by atoms with Crippen molar-refractivity contribution in [2.75, 3.05) is 32.8 Å². The molecule has 2 aliphatic heterocycles. The summed E-state index contributed by atoms with van der Waals surface area (Å²) in [4.78, 5) is 2.70. The Morgan fingerprint density at radius 2 is 1.96 bits per heavy atom. The average Bonchev–Trinajstić information content (AvgIpc) is 3.31. The van der Waals surface area contributed by atoms with Crippen molar-refractivity contribution in [3.05, 3.63) is 11.5 Å². The topological polar surface area (TPSA) is 75.9 Å². The molecule has 0 unspecified atom stereocenters. The minimum absolute atomic E-state index is 0.151. The average molecular weight is 341 g/mol. The highest BCUT2D eigenvalue weighted by molar-refractivity contribution is 7.89. The molecule has 1 saturated carbocycles. The Labute approximate surface area is 136 Å². The molecule has 2 saturated heterocycles. The number of nitrogens with zero attached hydrogens (tertiary/aromatic N) is 3. The van der Waals surface area contributed by atoms with E-state index in [0.29, 0.717) is 37.2 Å². The van der Waals surface area contributed by atoms with E-state index in [9.17, 15) is 8.42 Å². The van der Waals surface area contributed by atoms with E-state index in [1.807, 2.05) is 0 Å². The molecular formula is C15H23N3O4S. The quantitative estimate of drug-likeness (QED) is 0.808. The number of aromatic nitrogens is 1. The lowest BCUT2D eigenvalue weighted by atomic mass is 10.0. The summed E-state index contributed by atoms with van der Waals surface area (Å²) in [5.41, 5.74) is 0.431. The fourth-order valence-corrected chi connectivity index (χ4v) is 5.68. The molecule has 3 heterocycles. The van der Waals surface area contributed by atoms with E-state index < -0.39 is 10.0 Å². The van der Waals surface area contributed by atoms with Crippen molar-refractivity contribution in [1.29, 1.82) is 0 Å². The highest BCUT2D eigenvalue weighted by Gasteiger charge is 2.45. The molecular weight excluding hydrogens is 318 g/mol. The highest BCUT2D eigenvalue weighted by atomic mass is 32.2. The Hall–Kier alpha value is -0.960. The molecule has 4 rings (SSSR count). The number of fused-ring (bicyclic) bond motifs is 1. The first-order valence-corrected chi connectivity index (χ1v) is 9.69. The van der Waals surface area contributed by atoms with Crippen molar-refractivity contribution in [2.24, 2.45) is 5.92 Å². The first kappa shape index (κ1) is 15.6. The second-order valence-corrected chi connectivity index (χ2v) is 8.73.